The fourth-order valence-electron chi connectivity index (χ4n) is 2.13. The second kappa shape index (κ2) is 4.72. The summed E-state index contributed by atoms with van der Waals surface area (Å²) in [6.07, 6.45) is 5.58. The van der Waals surface area contributed by atoms with Gasteiger partial charge in [-0.25, -0.2) is 0 Å². The minimum absolute atomic E-state index is 0.199. The van der Waals surface area contributed by atoms with Crippen LogP contribution in [0.15, 0.2) is 6.20 Å². The second-order valence-corrected chi connectivity index (χ2v) is 3.95. The van der Waals surface area contributed by atoms with E-state index in [0.29, 0.717) is 0 Å². The van der Waals surface area contributed by atoms with Crippen molar-refractivity contribution in [1.29, 1.82) is 0 Å². The molecule has 1 N–H and O–H groups in total. The van der Waals surface area contributed by atoms with Gasteiger partial charge in [0.05, 0.1) is 24.0 Å². The third kappa shape index (κ3) is 2.18. The molecule has 0 spiro atoms. The van der Waals surface area contributed by atoms with Gasteiger partial charge in [0.15, 0.2) is 0 Å². The molecule has 0 aliphatic carbocycles. The predicted octanol–water partition coefficient (Wildman–Crippen LogP) is 0.645. The fourth-order valence-corrected chi connectivity index (χ4v) is 2.13. The first-order valence-electron chi connectivity index (χ1n) is 5.46. The summed E-state index contributed by atoms with van der Waals surface area (Å²) in [5.41, 5.74) is 1.09. The lowest BCUT2D eigenvalue weighted by atomic mass is 10.00. The third-order valence-electron chi connectivity index (χ3n) is 2.97. The van der Waals surface area contributed by atoms with Gasteiger partial charge < -0.3 is 10.1 Å². The average molecular weight is 210 g/mol. The molecule has 0 bridgehead atoms. The standard InChI is InChI=1S/C10H18N4O/c1-11-10(8-7-12-13-14(8)2)9-5-3-4-6-15-9/h7,9-11H,3-6H2,1-2H3. The van der Waals surface area contributed by atoms with Crippen LogP contribution in [0.1, 0.15) is 31.0 Å². The zero-order valence-electron chi connectivity index (χ0n) is 9.31. The maximum Gasteiger partial charge on any atom is 0.0785 e. The average Bonchev–Trinajstić information content (AvgIpc) is 2.68. The predicted molar refractivity (Wildman–Crippen MR) is 56.4 cm³/mol. The highest BCUT2D eigenvalue weighted by Crippen LogP contribution is 2.25. The van der Waals surface area contributed by atoms with E-state index >= 15 is 0 Å². The van der Waals surface area contributed by atoms with Crippen molar-refractivity contribution >= 4 is 0 Å². The molecule has 0 radical (unpaired) electrons. The molecule has 0 aromatic carbocycles. The zero-order chi connectivity index (χ0) is 10.7. The Kier molecular flexibility index (Phi) is 3.33. The second-order valence-electron chi connectivity index (χ2n) is 3.95. The quantitative estimate of drug-likeness (QED) is 0.795. The van der Waals surface area contributed by atoms with E-state index in [1.807, 2.05) is 14.1 Å². The van der Waals surface area contributed by atoms with Crippen LogP contribution < -0.4 is 5.32 Å². The summed E-state index contributed by atoms with van der Waals surface area (Å²) in [7, 11) is 3.87. The third-order valence-corrected chi connectivity index (χ3v) is 2.97. The van der Waals surface area contributed by atoms with Crippen molar-refractivity contribution in [2.45, 2.75) is 31.4 Å². The Balaban J connectivity index is 2.12. The number of hydrogen-bond acceptors (Lipinski definition) is 4. The highest BCUT2D eigenvalue weighted by Gasteiger charge is 2.26. The molecule has 1 saturated heterocycles. The molecule has 5 heteroatoms. The first kappa shape index (κ1) is 10.6. The molecule has 2 rings (SSSR count). The van der Waals surface area contributed by atoms with Crippen LogP contribution in [-0.4, -0.2) is 34.8 Å². The lowest BCUT2D eigenvalue weighted by molar-refractivity contribution is -0.00822. The van der Waals surface area contributed by atoms with Crippen LogP contribution in [0.2, 0.25) is 0 Å². The van der Waals surface area contributed by atoms with Crippen molar-refractivity contribution in [2.24, 2.45) is 7.05 Å². The molecular weight excluding hydrogens is 192 g/mol. The fraction of sp³-hybridized carbons (Fsp3) is 0.800. The van der Waals surface area contributed by atoms with E-state index in [2.05, 4.69) is 15.6 Å². The summed E-state index contributed by atoms with van der Waals surface area (Å²) >= 11 is 0. The minimum atomic E-state index is 0.199. The first-order chi connectivity index (χ1) is 7.33. The van der Waals surface area contributed by atoms with E-state index < -0.39 is 0 Å². The Labute approximate surface area is 89.8 Å². The Hall–Kier alpha value is -0.940. The number of likely N-dealkylation sites (N-methyl/N-ethyl adjacent to an activating group) is 1. The number of hydrogen-bond donors (Lipinski definition) is 1. The van der Waals surface area contributed by atoms with Crippen molar-refractivity contribution in [3.05, 3.63) is 11.9 Å². The highest BCUT2D eigenvalue weighted by atomic mass is 16.5. The number of nitrogens with zero attached hydrogens (tertiary/aromatic N) is 3. The molecule has 5 nitrogen and oxygen atoms in total. The zero-order valence-corrected chi connectivity index (χ0v) is 9.31. The van der Waals surface area contributed by atoms with Gasteiger partial charge in [-0.3, -0.25) is 4.68 Å². The lowest BCUT2D eigenvalue weighted by Crippen LogP contribution is -2.35. The van der Waals surface area contributed by atoms with Crippen LogP contribution in [0.25, 0.3) is 0 Å². The molecule has 15 heavy (non-hydrogen) atoms. The number of nitrogens with one attached hydrogen (secondary N) is 1. The summed E-state index contributed by atoms with van der Waals surface area (Å²) in [5, 5.41) is 11.1. The van der Waals surface area contributed by atoms with E-state index in [4.69, 9.17) is 4.74 Å². The largest absolute Gasteiger partial charge is 0.376 e. The van der Waals surface area contributed by atoms with Gasteiger partial charge in [0.25, 0.3) is 0 Å². The molecule has 1 aliphatic rings. The number of ether oxygens (including phenoxy) is 1. The summed E-state index contributed by atoms with van der Waals surface area (Å²) in [6.45, 7) is 0.869. The molecule has 1 aromatic heterocycles. The number of rotatable bonds is 3. The van der Waals surface area contributed by atoms with Gasteiger partial charge >= 0.3 is 0 Å². The molecule has 2 unspecified atom stereocenters. The van der Waals surface area contributed by atoms with Crippen LogP contribution in [0.4, 0.5) is 0 Å². The summed E-state index contributed by atoms with van der Waals surface area (Å²) in [6, 6.07) is 0.199. The SMILES string of the molecule is CNC(c1cnnn1C)C1CCCCO1. The van der Waals surface area contributed by atoms with Crippen molar-refractivity contribution in [3.8, 4) is 0 Å². The van der Waals surface area contributed by atoms with Crippen molar-refractivity contribution in [1.82, 2.24) is 20.3 Å². The van der Waals surface area contributed by atoms with E-state index in [1.165, 1.54) is 12.8 Å². The molecule has 2 heterocycles. The maximum atomic E-state index is 5.78. The maximum absolute atomic E-state index is 5.78. The molecule has 1 aliphatic heterocycles. The monoisotopic (exact) mass is 210 g/mol. The van der Waals surface area contributed by atoms with E-state index in [1.54, 1.807) is 10.9 Å². The molecule has 1 aromatic rings. The highest BCUT2D eigenvalue weighted by molar-refractivity contribution is 5.04. The molecular formula is C10H18N4O. The van der Waals surface area contributed by atoms with Crippen LogP contribution in [0.3, 0.4) is 0 Å². The summed E-state index contributed by atoms with van der Waals surface area (Å²) in [5.74, 6) is 0. The van der Waals surface area contributed by atoms with Gasteiger partial charge in [0.1, 0.15) is 0 Å². The van der Waals surface area contributed by atoms with E-state index in [-0.39, 0.29) is 12.1 Å². The van der Waals surface area contributed by atoms with Gasteiger partial charge in [-0.1, -0.05) is 5.21 Å². The number of aromatic nitrogens is 3. The Morgan fingerprint density at radius 3 is 3.00 bits per heavy atom. The first-order valence-corrected chi connectivity index (χ1v) is 5.46. The number of aryl methyl sites for hydroxylation is 1. The lowest BCUT2D eigenvalue weighted by Gasteiger charge is -2.29. The van der Waals surface area contributed by atoms with Crippen molar-refractivity contribution < 1.29 is 4.74 Å². The van der Waals surface area contributed by atoms with Gasteiger partial charge in [0.2, 0.25) is 0 Å². The van der Waals surface area contributed by atoms with E-state index in [9.17, 15) is 0 Å². The Morgan fingerprint density at radius 1 is 1.60 bits per heavy atom. The van der Waals surface area contributed by atoms with Crippen LogP contribution in [-0.2, 0) is 11.8 Å². The normalized spacial score (nSPS) is 24.0. The van der Waals surface area contributed by atoms with Gasteiger partial charge in [-0.05, 0) is 26.3 Å². The topological polar surface area (TPSA) is 52.0 Å². The van der Waals surface area contributed by atoms with Gasteiger partial charge in [-0.2, -0.15) is 0 Å². The van der Waals surface area contributed by atoms with Crippen molar-refractivity contribution in [3.63, 3.8) is 0 Å². The Bertz CT molecular complexity index is 306. The Morgan fingerprint density at radius 2 is 2.47 bits per heavy atom. The van der Waals surface area contributed by atoms with Crippen molar-refractivity contribution in [2.75, 3.05) is 13.7 Å². The van der Waals surface area contributed by atoms with Crippen LogP contribution in [0.5, 0.6) is 0 Å². The molecule has 2 atom stereocenters. The van der Waals surface area contributed by atoms with Crippen LogP contribution >= 0.6 is 0 Å². The van der Waals surface area contributed by atoms with Gasteiger partial charge in [0, 0.05) is 13.7 Å². The smallest absolute Gasteiger partial charge is 0.0785 e. The van der Waals surface area contributed by atoms with Crippen LogP contribution in [0, 0.1) is 0 Å². The molecule has 0 saturated carbocycles. The minimum Gasteiger partial charge on any atom is -0.376 e. The summed E-state index contributed by atoms with van der Waals surface area (Å²) < 4.78 is 7.58. The molecule has 1 fully saturated rings. The summed E-state index contributed by atoms with van der Waals surface area (Å²) in [4.78, 5) is 0. The van der Waals surface area contributed by atoms with Gasteiger partial charge in [-0.15, -0.1) is 5.10 Å². The van der Waals surface area contributed by atoms with E-state index in [0.717, 1.165) is 18.7 Å². The molecule has 0 amide bonds. The molecule has 84 valence electrons.